The Labute approximate surface area is 358 Å². The first-order valence-electron chi connectivity index (χ1n) is 24.1. The Kier molecular flexibility index (Phi) is 39.8. The Morgan fingerprint density at radius 2 is 0.931 bits per heavy atom. The van der Waals surface area contributed by atoms with Crippen LogP contribution in [-0.2, 0) is 32.7 Å². The average molecular weight is 843 g/mol. The first-order valence-corrected chi connectivity index (χ1v) is 25.6. The molecule has 0 rings (SSSR count). The molecule has 58 heavy (non-hydrogen) atoms. The molecule has 1 unspecified atom stereocenters. The number of nitrogens with zero attached hydrogens (tertiary/aromatic N) is 1. The molecule has 2 atom stereocenters. The highest BCUT2D eigenvalue weighted by atomic mass is 31.2. The second-order valence-corrected chi connectivity index (χ2v) is 19.0. The fourth-order valence-electron chi connectivity index (χ4n) is 6.69. The van der Waals surface area contributed by atoms with Crippen molar-refractivity contribution in [2.24, 2.45) is 0 Å². The summed E-state index contributed by atoms with van der Waals surface area (Å²) in [4.78, 5) is 35.5. The van der Waals surface area contributed by atoms with Crippen LogP contribution in [0.2, 0.25) is 0 Å². The zero-order valence-corrected chi connectivity index (χ0v) is 39.4. The summed E-state index contributed by atoms with van der Waals surface area (Å²) in [5.41, 5.74) is 0. The monoisotopic (exact) mass is 843 g/mol. The number of ether oxygens (including phenoxy) is 2. The molecule has 0 saturated heterocycles. The van der Waals surface area contributed by atoms with Crippen LogP contribution in [0.1, 0.15) is 219 Å². The lowest BCUT2D eigenvalue weighted by Gasteiger charge is -2.24. The van der Waals surface area contributed by atoms with Crippen molar-refractivity contribution in [3.05, 3.63) is 24.3 Å². The van der Waals surface area contributed by atoms with Crippen molar-refractivity contribution in [1.29, 1.82) is 0 Å². The quantitative estimate of drug-likeness (QED) is 0.0212. The third-order valence-electron chi connectivity index (χ3n) is 10.5. The summed E-state index contributed by atoms with van der Waals surface area (Å²) in [5, 5.41) is 0. The van der Waals surface area contributed by atoms with Crippen molar-refractivity contribution in [2.75, 3.05) is 47.5 Å². The Hall–Kier alpha value is -1.51. The van der Waals surface area contributed by atoms with Gasteiger partial charge in [0, 0.05) is 12.8 Å². The van der Waals surface area contributed by atoms with E-state index in [-0.39, 0.29) is 25.6 Å². The first kappa shape index (κ1) is 56.5. The van der Waals surface area contributed by atoms with Gasteiger partial charge in [-0.25, -0.2) is 4.57 Å². The van der Waals surface area contributed by atoms with E-state index < -0.39 is 26.5 Å². The summed E-state index contributed by atoms with van der Waals surface area (Å²) in [6, 6.07) is 0. The van der Waals surface area contributed by atoms with E-state index in [1.54, 1.807) is 0 Å². The fraction of sp³-hybridized carbons (Fsp3) is 0.875. The van der Waals surface area contributed by atoms with Crippen molar-refractivity contribution in [3.63, 3.8) is 0 Å². The first-order chi connectivity index (χ1) is 28.0. The second kappa shape index (κ2) is 40.9. The average Bonchev–Trinajstić information content (AvgIpc) is 3.17. The van der Waals surface area contributed by atoms with Gasteiger partial charge in [-0.05, 0) is 44.9 Å². The molecule has 0 saturated carbocycles. The summed E-state index contributed by atoms with van der Waals surface area (Å²) in [6.45, 7) is 4.42. The molecular weight excluding hydrogens is 750 g/mol. The standard InChI is InChI=1S/C48H92NO8P/c1-6-8-10-12-14-16-18-20-22-24-26-28-30-32-34-36-38-40-47(50)54-44-46(45-56-58(52,53)55-43-42-49(3,4)5)57-48(51)41-39-37-35-33-31-29-27-25-23-21-19-17-15-13-11-9-7-2/h15,17,21,23,46H,6-14,16,18-20,22,24-45H2,1-5H3/p+1/b17-15-,23-21-/t46-/m1/s1. The highest BCUT2D eigenvalue weighted by Gasteiger charge is 2.27. The van der Waals surface area contributed by atoms with Gasteiger partial charge in [0.1, 0.15) is 19.8 Å². The van der Waals surface area contributed by atoms with E-state index in [9.17, 15) is 19.0 Å². The van der Waals surface area contributed by atoms with E-state index in [4.69, 9.17) is 18.5 Å². The van der Waals surface area contributed by atoms with Crippen LogP contribution >= 0.6 is 7.82 Å². The fourth-order valence-corrected chi connectivity index (χ4v) is 7.43. The Bertz CT molecular complexity index is 1040. The van der Waals surface area contributed by atoms with Crippen molar-refractivity contribution in [2.45, 2.75) is 225 Å². The zero-order valence-electron chi connectivity index (χ0n) is 38.5. The van der Waals surface area contributed by atoms with Crippen LogP contribution in [0.4, 0.5) is 0 Å². The van der Waals surface area contributed by atoms with Gasteiger partial charge in [-0.1, -0.05) is 186 Å². The predicted molar refractivity (Wildman–Crippen MR) is 243 cm³/mol. The van der Waals surface area contributed by atoms with Crippen molar-refractivity contribution in [3.8, 4) is 0 Å². The zero-order chi connectivity index (χ0) is 42.8. The molecule has 0 aromatic carbocycles. The van der Waals surface area contributed by atoms with Crippen molar-refractivity contribution in [1.82, 2.24) is 0 Å². The molecule has 9 nitrogen and oxygen atoms in total. The van der Waals surface area contributed by atoms with Gasteiger partial charge in [-0.2, -0.15) is 0 Å². The number of phosphoric acid groups is 1. The number of hydrogen-bond donors (Lipinski definition) is 1. The van der Waals surface area contributed by atoms with Gasteiger partial charge in [0.25, 0.3) is 0 Å². The molecule has 0 amide bonds. The van der Waals surface area contributed by atoms with E-state index >= 15 is 0 Å². The molecule has 0 bridgehead atoms. The minimum Gasteiger partial charge on any atom is -0.462 e. The van der Waals surface area contributed by atoms with Gasteiger partial charge < -0.3 is 18.9 Å². The number of rotatable bonds is 44. The smallest absolute Gasteiger partial charge is 0.462 e. The van der Waals surface area contributed by atoms with Crippen LogP contribution < -0.4 is 0 Å². The lowest BCUT2D eigenvalue weighted by Crippen LogP contribution is -2.37. The molecule has 0 heterocycles. The van der Waals surface area contributed by atoms with Crippen molar-refractivity contribution < 1.29 is 42.1 Å². The second-order valence-electron chi connectivity index (χ2n) is 17.5. The molecule has 0 aliphatic heterocycles. The van der Waals surface area contributed by atoms with Crippen LogP contribution in [0, 0.1) is 0 Å². The van der Waals surface area contributed by atoms with Gasteiger partial charge >= 0.3 is 19.8 Å². The number of hydrogen-bond acceptors (Lipinski definition) is 7. The Morgan fingerprint density at radius 1 is 0.534 bits per heavy atom. The van der Waals surface area contributed by atoms with Gasteiger partial charge in [-0.3, -0.25) is 18.6 Å². The summed E-state index contributed by atoms with van der Waals surface area (Å²) in [6.07, 6.45) is 45.0. The molecule has 342 valence electrons. The number of allylic oxidation sites excluding steroid dienone is 4. The van der Waals surface area contributed by atoms with E-state index in [2.05, 4.69) is 38.2 Å². The van der Waals surface area contributed by atoms with Gasteiger partial charge in [0.15, 0.2) is 6.10 Å². The molecule has 0 radical (unpaired) electrons. The third kappa shape index (κ3) is 44.1. The summed E-state index contributed by atoms with van der Waals surface area (Å²) in [7, 11) is 1.48. The SMILES string of the molecule is CCCCC/C=C\C/C=C\CCCCCCCCCC(=O)O[C@H](COC(=O)CCCCCCCCCCCCCCCCCCC)COP(=O)(O)OCC[N+](C)(C)C. The number of carbonyl (C=O) groups is 2. The Balaban J connectivity index is 4.29. The molecule has 0 aliphatic carbocycles. The van der Waals surface area contributed by atoms with Crippen LogP contribution in [0.25, 0.3) is 0 Å². The highest BCUT2D eigenvalue weighted by molar-refractivity contribution is 7.47. The van der Waals surface area contributed by atoms with Crippen molar-refractivity contribution >= 4 is 19.8 Å². The molecule has 1 N–H and O–H groups in total. The van der Waals surface area contributed by atoms with E-state index in [1.165, 1.54) is 135 Å². The number of carbonyl (C=O) groups excluding carboxylic acids is 2. The predicted octanol–water partition coefficient (Wildman–Crippen LogP) is 13.9. The minimum absolute atomic E-state index is 0.0320. The molecule has 0 aromatic rings. The number of esters is 2. The summed E-state index contributed by atoms with van der Waals surface area (Å²) < 4.78 is 34.4. The number of likely N-dealkylation sites (N-methyl/N-ethyl adjacent to an activating group) is 1. The lowest BCUT2D eigenvalue weighted by molar-refractivity contribution is -0.870. The molecule has 0 aliphatic rings. The van der Waals surface area contributed by atoms with Crippen LogP contribution in [0.15, 0.2) is 24.3 Å². The maximum Gasteiger partial charge on any atom is 0.472 e. The van der Waals surface area contributed by atoms with Crippen LogP contribution in [-0.4, -0.2) is 74.9 Å². The molecule has 10 heteroatoms. The largest absolute Gasteiger partial charge is 0.472 e. The maximum atomic E-state index is 12.7. The van der Waals surface area contributed by atoms with Crippen LogP contribution in [0.3, 0.4) is 0 Å². The normalized spacial score (nSPS) is 13.7. The summed E-state index contributed by atoms with van der Waals surface area (Å²) >= 11 is 0. The maximum absolute atomic E-state index is 12.7. The molecule has 0 aromatic heterocycles. The minimum atomic E-state index is -4.38. The van der Waals surface area contributed by atoms with E-state index in [1.807, 2.05) is 21.1 Å². The third-order valence-corrected chi connectivity index (χ3v) is 11.5. The van der Waals surface area contributed by atoms with E-state index in [0.717, 1.165) is 51.4 Å². The molecule has 0 fully saturated rings. The summed E-state index contributed by atoms with van der Waals surface area (Å²) in [5.74, 6) is -0.797. The van der Waals surface area contributed by atoms with Gasteiger partial charge in [0.2, 0.25) is 0 Å². The van der Waals surface area contributed by atoms with Crippen LogP contribution in [0.5, 0.6) is 0 Å². The highest BCUT2D eigenvalue weighted by Crippen LogP contribution is 2.43. The Morgan fingerprint density at radius 3 is 1.40 bits per heavy atom. The van der Waals surface area contributed by atoms with Gasteiger partial charge in [-0.15, -0.1) is 0 Å². The van der Waals surface area contributed by atoms with E-state index in [0.29, 0.717) is 23.9 Å². The lowest BCUT2D eigenvalue weighted by atomic mass is 10.0. The topological polar surface area (TPSA) is 108 Å². The number of unbranched alkanes of at least 4 members (excludes halogenated alkanes) is 26. The molecular formula is C48H93NO8P+. The number of quaternary nitrogens is 1. The molecule has 0 spiro atoms. The van der Waals surface area contributed by atoms with Gasteiger partial charge in [0.05, 0.1) is 27.7 Å². The number of phosphoric ester groups is 1.